The highest BCUT2D eigenvalue weighted by Gasteiger charge is 2.34. The molecule has 0 aliphatic heterocycles. The Kier molecular flexibility index (Phi) is 6.07. The summed E-state index contributed by atoms with van der Waals surface area (Å²) in [6.45, 7) is 7.33. The minimum absolute atomic E-state index is 0.268. The van der Waals surface area contributed by atoms with Crippen LogP contribution in [-0.4, -0.2) is 14.3 Å². The molecule has 3 nitrogen and oxygen atoms in total. The van der Waals surface area contributed by atoms with Crippen molar-refractivity contribution in [3.8, 4) is 0 Å². The maximum absolute atomic E-state index is 12.7. The van der Waals surface area contributed by atoms with E-state index < -0.39 is 34.0 Å². The Morgan fingerprint density at radius 1 is 1.29 bits per heavy atom. The van der Waals surface area contributed by atoms with Crippen LogP contribution >= 0.6 is 0 Å². The van der Waals surface area contributed by atoms with Crippen LogP contribution in [0, 0.1) is 0 Å². The Morgan fingerprint density at radius 3 is 2.38 bits per heavy atom. The first-order chi connectivity index (χ1) is 9.55. The number of alkyl halides is 3. The third-order valence-electron chi connectivity index (χ3n) is 2.80. The molecule has 0 unspecified atom stereocenters. The second-order valence-electron chi connectivity index (χ2n) is 5.79. The summed E-state index contributed by atoms with van der Waals surface area (Å²) in [5.74, 6) is 0. The van der Waals surface area contributed by atoms with E-state index in [1.165, 1.54) is 12.1 Å². The first kappa shape index (κ1) is 18.3. The van der Waals surface area contributed by atoms with Gasteiger partial charge in [0.05, 0.1) is 11.7 Å². The molecule has 0 saturated carbocycles. The van der Waals surface area contributed by atoms with Gasteiger partial charge >= 0.3 is 6.18 Å². The largest absolute Gasteiger partial charge is 0.598 e. The van der Waals surface area contributed by atoms with Gasteiger partial charge in [-0.1, -0.05) is 19.4 Å². The number of nitrogens with zero attached hydrogens (tertiary/aromatic N) is 1. The van der Waals surface area contributed by atoms with Gasteiger partial charge in [0.2, 0.25) is 0 Å². The van der Waals surface area contributed by atoms with Crippen molar-refractivity contribution in [2.24, 2.45) is 0 Å². The summed E-state index contributed by atoms with van der Waals surface area (Å²) in [5.41, 5.74) is -0.659. The van der Waals surface area contributed by atoms with E-state index in [-0.39, 0.29) is 5.69 Å². The molecule has 2 atom stereocenters. The molecular formula is C14H21F3N2OS. The fourth-order valence-electron chi connectivity index (χ4n) is 1.67. The molecule has 0 radical (unpaired) electrons. The molecule has 0 aliphatic rings. The summed E-state index contributed by atoms with van der Waals surface area (Å²) in [4.78, 5) is 3.68. The van der Waals surface area contributed by atoms with Gasteiger partial charge in [-0.2, -0.15) is 13.2 Å². The zero-order chi connectivity index (χ0) is 16.3. The van der Waals surface area contributed by atoms with Gasteiger partial charge in [0, 0.05) is 11.4 Å². The predicted octanol–water partition coefficient (Wildman–Crippen LogP) is 3.99. The first-order valence-electron chi connectivity index (χ1n) is 6.78. The lowest BCUT2D eigenvalue weighted by atomic mass is 10.1. The molecule has 120 valence electrons. The van der Waals surface area contributed by atoms with Crippen molar-refractivity contribution in [1.29, 1.82) is 0 Å². The minimum atomic E-state index is -4.48. The zero-order valence-electron chi connectivity index (χ0n) is 12.6. The molecule has 1 rings (SSSR count). The highest BCUT2D eigenvalue weighted by molar-refractivity contribution is 7.90. The number of nitrogens with one attached hydrogen (secondary N) is 1. The quantitative estimate of drug-likeness (QED) is 0.834. The summed E-state index contributed by atoms with van der Waals surface area (Å²) in [7, 11) is 0. The second-order valence-corrected chi connectivity index (χ2v) is 7.78. The lowest BCUT2D eigenvalue weighted by Gasteiger charge is -2.27. The number of hydrogen-bond acceptors (Lipinski definition) is 3. The molecule has 0 amide bonds. The third-order valence-corrected chi connectivity index (χ3v) is 4.41. The lowest BCUT2D eigenvalue weighted by molar-refractivity contribution is -0.141. The standard InChI is InChI=1S/C14H21F3N2OS/c1-5-7-11(19-21(20)13(2,3)4)10-8-6-9-12(18-10)14(15,16)17/h6,8-9,11,19H,5,7H2,1-4H3/t11-,21-/m0/s1. The zero-order valence-corrected chi connectivity index (χ0v) is 13.4. The van der Waals surface area contributed by atoms with E-state index >= 15 is 0 Å². The molecule has 1 aromatic heterocycles. The average molecular weight is 322 g/mol. The Hall–Kier alpha value is -0.790. The van der Waals surface area contributed by atoms with Crippen LogP contribution in [-0.2, 0) is 17.5 Å². The van der Waals surface area contributed by atoms with Crippen molar-refractivity contribution >= 4 is 11.4 Å². The Morgan fingerprint density at radius 2 is 1.90 bits per heavy atom. The van der Waals surface area contributed by atoms with E-state index in [0.29, 0.717) is 6.42 Å². The van der Waals surface area contributed by atoms with Crippen LogP contribution in [0.15, 0.2) is 18.2 Å². The minimum Gasteiger partial charge on any atom is -0.598 e. The SMILES string of the molecule is CCC[C@H](N[S@@+]([O-])C(C)(C)C)c1cccc(C(F)(F)F)n1. The second kappa shape index (κ2) is 6.98. The molecule has 0 saturated heterocycles. The van der Waals surface area contributed by atoms with Crippen LogP contribution in [0.1, 0.15) is 58.0 Å². The van der Waals surface area contributed by atoms with Gasteiger partial charge in [-0.3, -0.25) is 0 Å². The maximum atomic E-state index is 12.7. The Bertz CT molecular complexity index is 460. The summed E-state index contributed by atoms with van der Waals surface area (Å²) in [5, 5.41) is 0. The van der Waals surface area contributed by atoms with Gasteiger partial charge in [-0.05, 0) is 39.3 Å². The molecule has 21 heavy (non-hydrogen) atoms. The maximum Gasteiger partial charge on any atom is 0.433 e. The normalized spacial score (nSPS) is 15.8. The summed E-state index contributed by atoms with van der Waals surface area (Å²) >= 11 is -1.37. The molecule has 1 heterocycles. The van der Waals surface area contributed by atoms with Crippen molar-refractivity contribution in [1.82, 2.24) is 9.71 Å². The third kappa shape index (κ3) is 5.48. The molecular weight excluding hydrogens is 301 g/mol. The van der Waals surface area contributed by atoms with E-state index in [0.717, 1.165) is 12.5 Å². The van der Waals surface area contributed by atoms with Gasteiger partial charge in [-0.15, -0.1) is 4.72 Å². The van der Waals surface area contributed by atoms with Crippen molar-refractivity contribution in [3.63, 3.8) is 0 Å². The lowest BCUT2D eigenvalue weighted by Crippen LogP contribution is -2.41. The smallest absolute Gasteiger partial charge is 0.433 e. The van der Waals surface area contributed by atoms with Crippen LogP contribution in [0.5, 0.6) is 0 Å². The van der Waals surface area contributed by atoms with Gasteiger partial charge in [-0.25, -0.2) is 4.98 Å². The van der Waals surface area contributed by atoms with Gasteiger partial charge in [0.15, 0.2) is 0 Å². The van der Waals surface area contributed by atoms with Crippen LogP contribution in [0.4, 0.5) is 13.2 Å². The fraction of sp³-hybridized carbons (Fsp3) is 0.643. The summed E-state index contributed by atoms with van der Waals surface area (Å²) in [6, 6.07) is 3.34. The molecule has 0 aliphatic carbocycles. The summed E-state index contributed by atoms with van der Waals surface area (Å²) in [6.07, 6.45) is -3.16. The topological polar surface area (TPSA) is 48.0 Å². The molecule has 1 aromatic rings. The van der Waals surface area contributed by atoms with Gasteiger partial charge in [0.1, 0.15) is 10.4 Å². The average Bonchev–Trinajstić information content (AvgIpc) is 2.36. The van der Waals surface area contributed by atoms with Gasteiger partial charge in [0.25, 0.3) is 0 Å². The number of hydrogen-bond donors (Lipinski definition) is 1. The molecule has 0 fully saturated rings. The summed E-state index contributed by atoms with van der Waals surface area (Å²) < 4.78 is 52.7. The van der Waals surface area contributed by atoms with Crippen molar-refractivity contribution in [2.45, 2.75) is 57.5 Å². The first-order valence-corrected chi connectivity index (χ1v) is 7.93. The van der Waals surface area contributed by atoms with Crippen molar-refractivity contribution in [2.75, 3.05) is 0 Å². The van der Waals surface area contributed by atoms with Crippen LogP contribution in [0.2, 0.25) is 0 Å². The number of rotatable bonds is 5. The van der Waals surface area contributed by atoms with E-state index in [4.69, 9.17) is 0 Å². The highest BCUT2D eigenvalue weighted by atomic mass is 32.2. The van der Waals surface area contributed by atoms with Crippen molar-refractivity contribution < 1.29 is 17.7 Å². The van der Waals surface area contributed by atoms with Crippen LogP contribution < -0.4 is 4.72 Å². The predicted molar refractivity (Wildman–Crippen MR) is 77.9 cm³/mol. The Labute approximate surface area is 126 Å². The van der Waals surface area contributed by atoms with Gasteiger partial charge < -0.3 is 4.55 Å². The highest BCUT2D eigenvalue weighted by Crippen LogP contribution is 2.29. The van der Waals surface area contributed by atoms with Crippen molar-refractivity contribution in [3.05, 3.63) is 29.6 Å². The van der Waals surface area contributed by atoms with E-state index in [9.17, 15) is 17.7 Å². The van der Waals surface area contributed by atoms with E-state index in [1.54, 1.807) is 20.8 Å². The fourth-order valence-corrected chi connectivity index (χ4v) is 2.52. The number of halogens is 3. The molecule has 1 N–H and O–H groups in total. The van der Waals surface area contributed by atoms with Crippen LogP contribution in [0.3, 0.4) is 0 Å². The number of aromatic nitrogens is 1. The molecule has 0 aromatic carbocycles. The molecule has 0 bridgehead atoms. The number of pyridine rings is 1. The monoisotopic (exact) mass is 322 g/mol. The molecule has 7 heteroatoms. The molecule has 0 spiro atoms. The van der Waals surface area contributed by atoms with Crippen LogP contribution in [0.25, 0.3) is 0 Å². The Balaban J connectivity index is 3.01. The van der Waals surface area contributed by atoms with E-state index in [2.05, 4.69) is 9.71 Å². The van der Waals surface area contributed by atoms with E-state index in [1.807, 2.05) is 6.92 Å².